The first-order valence-corrected chi connectivity index (χ1v) is 16.0. The van der Waals surface area contributed by atoms with Gasteiger partial charge in [-0.05, 0) is 56.8 Å². The lowest BCUT2D eigenvalue weighted by Crippen LogP contribution is -2.37. The molecule has 1 nitrogen and oxygen atoms in total. The molecule has 0 spiro atoms. The van der Waals surface area contributed by atoms with E-state index in [-0.39, 0.29) is 0 Å². The molecule has 5 aromatic carbocycles. The fraction of sp³-hybridized carbons (Fsp3) is 0.0882. The highest BCUT2D eigenvalue weighted by Gasteiger charge is 2.15. The molecule has 36 heavy (non-hydrogen) atoms. The molecule has 0 fully saturated rings. The van der Waals surface area contributed by atoms with E-state index < -0.39 is 8.07 Å². The van der Waals surface area contributed by atoms with E-state index in [0.29, 0.717) is 0 Å². The summed E-state index contributed by atoms with van der Waals surface area (Å²) in [5, 5.41) is 5.20. The molecular weight excluding hydrogens is 450 g/mol. The average molecular weight is 480 g/mol. The molecule has 0 bridgehead atoms. The van der Waals surface area contributed by atoms with Gasteiger partial charge in [-0.15, -0.1) is 0 Å². The van der Waals surface area contributed by atoms with E-state index in [0.717, 1.165) is 5.52 Å². The first-order chi connectivity index (χ1) is 17.5. The van der Waals surface area contributed by atoms with Crippen molar-refractivity contribution in [2.75, 3.05) is 0 Å². The Hall–Kier alpha value is -4.01. The molecule has 2 heteroatoms. The minimum atomic E-state index is -1.28. The minimum Gasteiger partial charge on any atom is -0.256 e. The van der Waals surface area contributed by atoms with Gasteiger partial charge in [-0.2, -0.15) is 0 Å². The van der Waals surface area contributed by atoms with Crippen LogP contribution in [0.4, 0.5) is 0 Å². The zero-order chi connectivity index (χ0) is 24.7. The maximum Gasteiger partial charge on any atom is 0.0780 e. The minimum absolute atomic E-state index is 1.05. The average Bonchev–Trinajstić information content (AvgIpc) is 2.92. The summed E-state index contributed by atoms with van der Waals surface area (Å²) in [7, 11) is -1.28. The van der Waals surface area contributed by atoms with Crippen LogP contribution >= 0.6 is 0 Å². The molecule has 6 rings (SSSR count). The third-order valence-corrected chi connectivity index (χ3v) is 9.15. The molecule has 0 saturated heterocycles. The van der Waals surface area contributed by atoms with Crippen molar-refractivity contribution in [1.82, 2.24) is 4.98 Å². The molecule has 0 aliphatic carbocycles. The summed E-state index contributed by atoms with van der Waals surface area (Å²) >= 11 is 0. The van der Waals surface area contributed by atoms with Gasteiger partial charge >= 0.3 is 0 Å². The molecule has 1 heterocycles. The Kier molecular flexibility index (Phi) is 5.54. The Balaban J connectivity index is 1.29. The smallest absolute Gasteiger partial charge is 0.0780 e. The van der Waals surface area contributed by atoms with Crippen LogP contribution in [0.15, 0.2) is 121 Å². The fourth-order valence-electron chi connectivity index (χ4n) is 4.95. The van der Waals surface area contributed by atoms with Crippen LogP contribution in [0.3, 0.4) is 0 Å². The Morgan fingerprint density at radius 3 is 1.61 bits per heavy atom. The van der Waals surface area contributed by atoms with Crippen LogP contribution in [-0.2, 0) is 0 Å². The topological polar surface area (TPSA) is 12.9 Å². The van der Waals surface area contributed by atoms with Crippen molar-refractivity contribution in [2.45, 2.75) is 19.6 Å². The van der Waals surface area contributed by atoms with E-state index in [1.807, 2.05) is 12.3 Å². The quantitative estimate of drug-likeness (QED) is 0.230. The predicted octanol–water partition coefficient (Wildman–Crippen LogP) is 8.93. The van der Waals surface area contributed by atoms with Gasteiger partial charge in [0.05, 0.1) is 13.6 Å². The maximum absolute atomic E-state index is 4.62. The molecule has 0 amide bonds. The van der Waals surface area contributed by atoms with E-state index in [2.05, 4.69) is 134 Å². The van der Waals surface area contributed by atoms with Crippen LogP contribution in [0.1, 0.15) is 0 Å². The van der Waals surface area contributed by atoms with E-state index in [1.165, 1.54) is 54.7 Å². The standard InChI is InChI=1S/C34H29NSi/c1-36(2,3)32-19-17-25(18-20-32)29-14-16-30-22-28(13-15-31(30)23-29)24-9-11-26(12-10-24)33-8-4-6-27-7-5-21-35-34(27)33/h4-23H,1-3H3. The molecular formula is C34H29NSi. The van der Waals surface area contributed by atoms with Crippen molar-refractivity contribution in [2.24, 2.45) is 0 Å². The number of benzene rings is 5. The number of hydrogen-bond acceptors (Lipinski definition) is 1. The molecule has 0 aliphatic rings. The van der Waals surface area contributed by atoms with Crippen molar-refractivity contribution in [3.63, 3.8) is 0 Å². The Labute approximate surface area is 214 Å². The number of fused-ring (bicyclic) bond motifs is 2. The zero-order valence-corrected chi connectivity index (χ0v) is 22.0. The normalized spacial score (nSPS) is 11.8. The Morgan fingerprint density at radius 2 is 1.00 bits per heavy atom. The number of hydrogen-bond donors (Lipinski definition) is 0. The number of nitrogens with zero attached hydrogens (tertiary/aromatic N) is 1. The van der Waals surface area contributed by atoms with Gasteiger partial charge in [0.2, 0.25) is 0 Å². The van der Waals surface area contributed by atoms with Crippen molar-refractivity contribution in [3.05, 3.63) is 121 Å². The second-order valence-electron chi connectivity index (χ2n) is 10.6. The molecule has 6 aromatic rings. The van der Waals surface area contributed by atoms with Crippen molar-refractivity contribution < 1.29 is 0 Å². The van der Waals surface area contributed by atoms with Gasteiger partial charge in [-0.1, -0.05) is 122 Å². The highest BCUT2D eigenvalue weighted by atomic mass is 28.3. The second kappa shape index (κ2) is 8.89. The van der Waals surface area contributed by atoms with E-state index >= 15 is 0 Å². The third kappa shape index (κ3) is 4.25. The van der Waals surface area contributed by atoms with Crippen LogP contribution < -0.4 is 5.19 Å². The largest absolute Gasteiger partial charge is 0.256 e. The highest BCUT2D eigenvalue weighted by molar-refractivity contribution is 6.88. The monoisotopic (exact) mass is 479 g/mol. The van der Waals surface area contributed by atoms with Gasteiger partial charge < -0.3 is 0 Å². The number of aromatic nitrogens is 1. The van der Waals surface area contributed by atoms with Gasteiger partial charge in [0.25, 0.3) is 0 Å². The van der Waals surface area contributed by atoms with Gasteiger partial charge in [0.1, 0.15) is 0 Å². The van der Waals surface area contributed by atoms with Gasteiger partial charge in [-0.3, -0.25) is 4.98 Å². The lowest BCUT2D eigenvalue weighted by Gasteiger charge is -2.17. The van der Waals surface area contributed by atoms with E-state index in [1.54, 1.807) is 0 Å². The number of pyridine rings is 1. The predicted molar refractivity (Wildman–Crippen MR) is 159 cm³/mol. The number of para-hydroxylation sites is 1. The molecule has 0 unspecified atom stereocenters. The molecule has 174 valence electrons. The molecule has 0 atom stereocenters. The molecule has 0 aliphatic heterocycles. The maximum atomic E-state index is 4.62. The van der Waals surface area contributed by atoms with Crippen LogP contribution in [0, 0.1) is 0 Å². The Bertz CT molecular complexity index is 1690. The van der Waals surface area contributed by atoms with Gasteiger partial charge in [0, 0.05) is 17.1 Å². The summed E-state index contributed by atoms with van der Waals surface area (Å²) < 4.78 is 0. The van der Waals surface area contributed by atoms with E-state index in [9.17, 15) is 0 Å². The van der Waals surface area contributed by atoms with Crippen LogP contribution in [-0.4, -0.2) is 13.1 Å². The summed E-state index contributed by atoms with van der Waals surface area (Å²) in [6.45, 7) is 7.18. The van der Waals surface area contributed by atoms with Crippen LogP contribution in [0.25, 0.3) is 55.1 Å². The lowest BCUT2D eigenvalue weighted by molar-refractivity contribution is 1.41. The first kappa shape index (κ1) is 22.5. The fourth-order valence-corrected chi connectivity index (χ4v) is 6.11. The third-order valence-electron chi connectivity index (χ3n) is 7.09. The summed E-state index contributed by atoms with van der Waals surface area (Å²) in [6.07, 6.45) is 1.86. The summed E-state index contributed by atoms with van der Waals surface area (Å²) in [5.74, 6) is 0. The summed E-state index contributed by atoms with van der Waals surface area (Å²) in [4.78, 5) is 4.62. The summed E-state index contributed by atoms with van der Waals surface area (Å²) in [5.41, 5.74) is 8.41. The lowest BCUT2D eigenvalue weighted by atomic mass is 9.96. The zero-order valence-electron chi connectivity index (χ0n) is 21.0. The second-order valence-corrected chi connectivity index (χ2v) is 15.6. The molecule has 1 aromatic heterocycles. The highest BCUT2D eigenvalue weighted by Crippen LogP contribution is 2.31. The van der Waals surface area contributed by atoms with Crippen molar-refractivity contribution in [1.29, 1.82) is 0 Å². The SMILES string of the molecule is C[Si](C)(C)c1ccc(-c2ccc3cc(-c4ccc(-c5cccc6cccnc56)cc4)ccc3c2)cc1. The molecule has 0 N–H and O–H groups in total. The van der Waals surface area contributed by atoms with E-state index in [4.69, 9.17) is 0 Å². The molecule has 0 saturated carbocycles. The van der Waals surface area contributed by atoms with Crippen molar-refractivity contribution in [3.8, 4) is 33.4 Å². The van der Waals surface area contributed by atoms with Crippen LogP contribution in [0.2, 0.25) is 19.6 Å². The first-order valence-electron chi connectivity index (χ1n) is 12.5. The summed E-state index contributed by atoms with van der Waals surface area (Å²) in [6, 6.07) is 42.0. The Morgan fingerprint density at radius 1 is 0.472 bits per heavy atom. The molecule has 0 radical (unpaired) electrons. The number of rotatable bonds is 4. The van der Waals surface area contributed by atoms with Gasteiger partial charge in [0.15, 0.2) is 0 Å². The van der Waals surface area contributed by atoms with Gasteiger partial charge in [-0.25, -0.2) is 0 Å². The van der Waals surface area contributed by atoms with Crippen LogP contribution in [0.5, 0.6) is 0 Å². The van der Waals surface area contributed by atoms with Crippen molar-refractivity contribution >= 4 is 34.9 Å².